The van der Waals surface area contributed by atoms with Crippen LogP contribution in [0.1, 0.15) is 36.0 Å². The molecule has 1 heterocycles. The third kappa shape index (κ3) is 3.71. The largest absolute Gasteiger partial charge is 0.478 e. The summed E-state index contributed by atoms with van der Waals surface area (Å²) in [6, 6.07) is 4.61. The molecule has 2 rings (SSSR count). The van der Waals surface area contributed by atoms with Gasteiger partial charge in [0.05, 0.1) is 16.8 Å². The molecule has 1 atom stereocenters. The Balaban J connectivity index is 1.96. The van der Waals surface area contributed by atoms with Crippen molar-refractivity contribution in [2.24, 2.45) is 0 Å². The number of amides is 1. The molecule has 1 amide bonds. The van der Waals surface area contributed by atoms with Crippen LogP contribution in [0.4, 0.5) is 5.69 Å². The number of nitrogens with one attached hydrogen (secondary N) is 1. The molecule has 0 bridgehead atoms. The second-order valence-electron chi connectivity index (χ2n) is 4.69. The van der Waals surface area contributed by atoms with Crippen LogP contribution in [-0.2, 0) is 9.53 Å². The van der Waals surface area contributed by atoms with Crippen molar-refractivity contribution >= 4 is 29.2 Å². The van der Waals surface area contributed by atoms with Crippen molar-refractivity contribution < 1.29 is 19.4 Å². The summed E-state index contributed by atoms with van der Waals surface area (Å²) in [5.74, 6) is -1.39. The lowest BCUT2D eigenvalue weighted by atomic mass is 10.1. The Kier molecular flexibility index (Phi) is 4.98. The van der Waals surface area contributed by atoms with Crippen LogP contribution in [0.15, 0.2) is 18.2 Å². The second kappa shape index (κ2) is 6.72. The zero-order valence-corrected chi connectivity index (χ0v) is 11.7. The molecule has 1 fully saturated rings. The molecular formula is C14H16ClNO4. The molecular weight excluding hydrogens is 282 g/mol. The number of carboxylic acid groups (broad SMARTS) is 1. The first-order valence-corrected chi connectivity index (χ1v) is 6.89. The van der Waals surface area contributed by atoms with E-state index in [9.17, 15) is 9.59 Å². The second-order valence-corrected chi connectivity index (χ2v) is 5.10. The van der Waals surface area contributed by atoms with E-state index in [0.29, 0.717) is 12.8 Å². The third-order valence-corrected chi connectivity index (χ3v) is 3.53. The lowest BCUT2D eigenvalue weighted by Gasteiger charge is -2.11. The van der Waals surface area contributed by atoms with Crippen molar-refractivity contribution in [2.75, 3.05) is 11.9 Å². The van der Waals surface area contributed by atoms with Crippen LogP contribution in [-0.4, -0.2) is 29.7 Å². The van der Waals surface area contributed by atoms with Gasteiger partial charge >= 0.3 is 5.97 Å². The lowest BCUT2D eigenvalue weighted by Crippen LogP contribution is -2.17. The minimum Gasteiger partial charge on any atom is -0.478 e. The minimum atomic E-state index is -1.16. The number of benzene rings is 1. The SMILES string of the molecule is O=C(CCC1CCCO1)Nc1cccc(Cl)c1C(=O)O. The molecule has 5 nitrogen and oxygen atoms in total. The molecule has 0 aromatic heterocycles. The molecule has 1 aromatic carbocycles. The fraction of sp³-hybridized carbons (Fsp3) is 0.429. The van der Waals surface area contributed by atoms with Gasteiger partial charge in [-0.15, -0.1) is 0 Å². The standard InChI is InChI=1S/C14H16ClNO4/c15-10-4-1-5-11(13(10)14(18)19)16-12(17)7-6-9-3-2-8-20-9/h1,4-5,9H,2-3,6-8H2,(H,16,17)(H,18,19). The van der Waals surface area contributed by atoms with Crippen LogP contribution >= 0.6 is 11.6 Å². The van der Waals surface area contributed by atoms with E-state index in [4.69, 9.17) is 21.4 Å². The summed E-state index contributed by atoms with van der Waals surface area (Å²) in [5, 5.41) is 11.8. The monoisotopic (exact) mass is 297 g/mol. The van der Waals surface area contributed by atoms with Gasteiger partial charge < -0.3 is 15.2 Å². The highest BCUT2D eigenvalue weighted by Gasteiger charge is 2.19. The fourth-order valence-electron chi connectivity index (χ4n) is 2.22. The number of carbonyl (C=O) groups is 2. The first-order chi connectivity index (χ1) is 9.58. The number of anilines is 1. The molecule has 1 aromatic rings. The molecule has 0 aliphatic carbocycles. The highest BCUT2D eigenvalue weighted by molar-refractivity contribution is 6.34. The van der Waals surface area contributed by atoms with E-state index in [1.165, 1.54) is 12.1 Å². The van der Waals surface area contributed by atoms with E-state index in [1.807, 2.05) is 0 Å². The first-order valence-electron chi connectivity index (χ1n) is 6.51. The minimum absolute atomic E-state index is 0.0837. The van der Waals surface area contributed by atoms with Crippen molar-refractivity contribution in [3.8, 4) is 0 Å². The predicted molar refractivity (Wildman–Crippen MR) is 75.2 cm³/mol. The van der Waals surface area contributed by atoms with Crippen LogP contribution in [0.5, 0.6) is 0 Å². The van der Waals surface area contributed by atoms with Crippen molar-refractivity contribution in [2.45, 2.75) is 31.8 Å². The summed E-state index contributed by atoms with van der Waals surface area (Å²) >= 11 is 5.84. The van der Waals surface area contributed by atoms with Gasteiger partial charge in [-0.2, -0.15) is 0 Å². The molecule has 0 radical (unpaired) electrons. The summed E-state index contributed by atoms with van der Waals surface area (Å²) in [5.41, 5.74) is 0.141. The number of halogens is 1. The maximum absolute atomic E-state index is 11.9. The molecule has 1 aliphatic heterocycles. The Hall–Kier alpha value is -1.59. The zero-order valence-electron chi connectivity index (χ0n) is 10.9. The van der Waals surface area contributed by atoms with Crippen LogP contribution in [0.25, 0.3) is 0 Å². The predicted octanol–water partition coefficient (Wildman–Crippen LogP) is 2.94. The van der Waals surface area contributed by atoms with Gasteiger partial charge in [-0.25, -0.2) is 4.79 Å². The molecule has 0 spiro atoms. The average molecular weight is 298 g/mol. The smallest absolute Gasteiger partial charge is 0.339 e. The van der Waals surface area contributed by atoms with Crippen molar-refractivity contribution in [3.63, 3.8) is 0 Å². The van der Waals surface area contributed by atoms with Gasteiger partial charge in [-0.05, 0) is 31.4 Å². The average Bonchev–Trinajstić information content (AvgIpc) is 2.89. The molecule has 108 valence electrons. The van der Waals surface area contributed by atoms with Gasteiger partial charge in [0.2, 0.25) is 5.91 Å². The van der Waals surface area contributed by atoms with Gasteiger partial charge in [0, 0.05) is 13.0 Å². The van der Waals surface area contributed by atoms with Crippen molar-refractivity contribution in [1.82, 2.24) is 0 Å². The summed E-state index contributed by atoms with van der Waals surface area (Å²) in [6.45, 7) is 0.754. The summed E-state index contributed by atoms with van der Waals surface area (Å²) in [7, 11) is 0. The normalized spacial score (nSPS) is 17.9. The van der Waals surface area contributed by atoms with Gasteiger partial charge in [-0.3, -0.25) is 4.79 Å². The quantitative estimate of drug-likeness (QED) is 0.876. The van der Waals surface area contributed by atoms with E-state index >= 15 is 0 Å². The molecule has 1 unspecified atom stereocenters. The van der Waals surface area contributed by atoms with E-state index in [0.717, 1.165) is 19.4 Å². The Morgan fingerprint density at radius 2 is 2.25 bits per heavy atom. The van der Waals surface area contributed by atoms with Crippen LogP contribution in [0, 0.1) is 0 Å². The summed E-state index contributed by atoms with van der Waals surface area (Å²) in [4.78, 5) is 23.0. The third-order valence-electron chi connectivity index (χ3n) is 3.22. The number of hydrogen-bond donors (Lipinski definition) is 2. The Bertz CT molecular complexity index is 512. The summed E-state index contributed by atoms with van der Waals surface area (Å²) < 4.78 is 5.44. The molecule has 20 heavy (non-hydrogen) atoms. The van der Waals surface area contributed by atoms with Crippen molar-refractivity contribution in [3.05, 3.63) is 28.8 Å². The topological polar surface area (TPSA) is 75.6 Å². The van der Waals surface area contributed by atoms with E-state index in [2.05, 4.69) is 5.32 Å². The van der Waals surface area contributed by atoms with Crippen molar-refractivity contribution in [1.29, 1.82) is 0 Å². The molecule has 0 saturated carbocycles. The van der Waals surface area contributed by atoms with E-state index in [-0.39, 0.29) is 28.3 Å². The highest BCUT2D eigenvalue weighted by atomic mass is 35.5. The Morgan fingerprint density at radius 3 is 2.90 bits per heavy atom. The van der Waals surface area contributed by atoms with E-state index < -0.39 is 5.97 Å². The molecule has 1 saturated heterocycles. The Morgan fingerprint density at radius 1 is 1.45 bits per heavy atom. The van der Waals surface area contributed by atoms with Gasteiger partial charge in [0.1, 0.15) is 5.56 Å². The van der Waals surface area contributed by atoms with Gasteiger partial charge in [0.25, 0.3) is 0 Å². The van der Waals surface area contributed by atoms with Crippen LogP contribution < -0.4 is 5.32 Å². The maximum atomic E-state index is 11.9. The number of rotatable bonds is 5. The fourth-order valence-corrected chi connectivity index (χ4v) is 2.48. The number of hydrogen-bond acceptors (Lipinski definition) is 3. The van der Waals surface area contributed by atoms with Gasteiger partial charge in [-0.1, -0.05) is 17.7 Å². The Labute approximate surface area is 121 Å². The van der Waals surface area contributed by atoms with Crippen LogP contribution in [0.3, 0.4) is 0 Å². The van der Waals surface area contributed by atoms with Crippen LogP contribution in [0.2, 0.25) is 5.02 Å². The molecule has 2 N–H and O–H groups in total. The zero-order chi connectivity index (χ0) is 14.5. The number of ether oxygens (including phenoxy) is 1. The maximum Gasteiger partial charge on any atom is 0.339 e. The summed E-state index contributed by atoms with van der Waals surface area (Å²) in [6.07, 6.45) is 3.10. The number of carboxylic acids is 1. The molecule has 1 aliphatic rings. The first kappa shape index (κ1) is 14.8. The highest BCUT2D eigenvalue weighted by Crippen LogP contribution is 2.25. The van der Waals surface area contributed by atoms with Gasteiger partial charge in [0.15, 0.2) is 0 Å². The number of aromatic carboxylic acids is 1. The lowest BCUT2D eigenvalue weighted by molar-refractivity contribution is -0.116. The number of carbonyl (C=O) groups excluding carboxylic acids is 1. The molecule has 6 heteroatoms. The van der Waals surface area contributed by atoms with E-state index in [1.54, 1.807) is 6.07 Å².